The molecule has 0 spiro atoms. The average Bonchev–Trinajstić information content (AvgIpc) is 3.32. The lowest BCUT2D eigenvalue weighted by molar-refractivity contribution is 0.800. The predicted molar refractivity (Wildman–Crippen MR) is 95.8 cm³/mol. The Kier molecular flexibility index (Phi) is 3.08. The molecule has 2 aliphatic rings. The largest absolute Gasteiger partial charge is 0.362 e. The van der Waals surface area contributed by atoms with E-state index in [0.717, 1.165) is 31.4 Å². The first-order valence-electron chi connectivity index (χ1n) is 8.55. The lowest BCUT2D eigenvalue weighted by Gasteiger charge is -2.04. The third-order valence-corrected chi connectivity index (χ3v) is 4.83. The number of nitrogens with one attached hydrogen (secondary N) is 3. The minimum absolute atomic E-state index is 0.255. The van der Waals surface area contributed by atoms with E-state index in [0.29, 0.717) is 0 Å². The second kappa shape index (κ2) is 5.41. The van der Waals surface area contributed by atoms with Gasteiger partial charge in [0, 0.05) is 65.6 Å². The first-order chi connectivity index (χ1) is 11.8. The summed E-state index contributed by atoms with van der Waals surface area (Å²) in [4.78, 5) is 15.5. The minimum atomic E-state index is 0.255. The van der Waals surface area contributed by atoms with Gasteiger partial charge in [0.2, 0.25) is 0 Å². The van der Waals surface area contributed by atoms with E-state index in [4.69, 9.17) is 4.99 Å². The van der Waals surface area contributed by atoms with Gasteiger partial charge in [0.15, 0.2) is 0 Å². The van der Waals surface area contributed by atoms with Crippen LogP contribution in [0.3, 0.4) is 0 Å². The molecule has 0 aromatic carbocycles. The van der Waals surface area contributed by atoms with Gasteiger partial charge in [0.05, 0.1) is 6.04 Å². The Morgan fingerprint density at radius 2 is 1.17 bits per heavy atom. The van der Waals surface area contributed by atoms with Crippen LogP contribution in [-0.2, 0) is 25.7 Å². The second-order valence-corrected chi connectivity index (χ2v) is 6.81. The Morgan fingerprint density at radius 3 is 1.79 bits per heavy atom. The van der Waals surface area contributed by atoms with Gasteiger partial charge in [-0.2, -0.15) is 0 Å². The Labute approximate surface area is 140 Å². The summed E-state index contributed by atoms with van der Waals surface area (Å²) in [6.45, 7) is 0. The van der Waals surface area contributed by atoms with Crippen LogP contribution in [0, 0.1) is 0 Å². The predicted octanol–water partition coefficient (Wildman–Crippen LogP) is 3.33. The quantitative estimate of drug-likeness (QED) is 0.570. The lowest BCUT2D eigenvalue weighted by atomic mass is 10.2. The number of aliphatic imine (C=N–C) groups is 1. The molecule has 3 aromatic rings. The van der Waals surface area contributed by atoms with Crippen LogP contribution < -0.4 is 0 Å². The molecule has 1 atom stereocenters. The fourth-order valence-corrected chi connectivity index (χ4v) is 3.68. The van der Waals surface area contributed by atoms with Crippen LogP contribution in [0.15, 0.2) is 53.5 Å². The summed E-state index contributed by atoms with van der Waals surface area (Å²) >= 11 is 0. The van der Waals surface area contributed by atoms with Crippen molar-refractivity contribution in [2.45, 2.75) is 31.7 Å². The van der Waals surface area contributed by atoms with Crippen molar-refractivity contribution >= 4 is 5.71 Å². The summed E-state index contributed by atoms with van der Waals surface area (Å²) in [7, 11) is 0. The van der Waals surface area contributed by atoms with Gasteiger partial charge >= 0.3 is 0 Å². The molecule has 120 valence electrons. The van der Waals surface area contributed by atoms with E-state index in [2.05, 4.69) is 63.5 Å². The summed E-state index contributed by atoms with van der Waals surface area (Å²) < 4.78 is 0. The van der Waals surface area contributed by atoms with Crippen LogP contribution >= 0.6 is 0 Å². The van der Waals surface area contributed by atoms with Gasteiger partial charge in [0.1, 0.15) is 0 Å². The molecule has 5 heterocycles. The van der Waals surface area contributed by atoms with Crippen LogP contribution in [0.5, 0.6) is 0 Å². The first-order valence-corrected chi connectivity index (χ1v) is 8.55. The van der Waals surface area contributed by atoms with Crippen molar-refractivity contribution in [2.75, 3.05) is 0 Å². The smallest absolute Gasteiger partial charge is 0.0741 e. The molecule has 0 saturated carbocycles. The molecule has 3 N–H and O–H groups in total. The van der Waals surface area contributed by atoms with E-state index < -0.39 is 0 Å². The Hall–Kier alpha value is -2.75. The molecule has 0 aliphatic carbocycles. The number of rotatable bonds is 0. The number of nitrogens with zero attached hydrogens (tertiary/aromatic N) is 1. The summed E-state index contributed by atoms with van der Waals surface area (Å²) in [5.41, 5.74) is 8.63. The molecule has 4 nitrogen and oxygen atoms in total. The number of allylic oxidation sites excluding steroid dienone is 1. The molecule has 24 heavy (non-hydrogen) atoms. The van der Waals surface area contributed by atoms with E-state index >= 15 is 0 Å². The summed E-state index contributed by atoms with van der Waals surface area (Å²) in [6, 6.07) is 13.4. The van der Waals surface area contributed by atoms with Crippen LogP contribution in [-0.4, -0.2) is 26.7 Å². The Bertz CT molecular complexity index is 934. The van der Waals surface area contributed by atoms with E-state index in [9.17, 15) is 0 Å². The summed E-state index contributed by atoms with van der Waals surface area (Å²) in [5, 5.41) is 0. The first kappa shape index (κ1) is 13.7. The van der Waals surface area contributed by atoms with E-state index in [-0.39, 0.29) is 6.04 Å². The van der Waals surface area contributed by atoms with Crippen LogP contribution in [0.25, 0.3) is 0 Å². The number of aromatic nitrogens is 3. The van der Waals surface area contributed by atoms with Gasteiger partial charge in [-0.05, 0) is 42.5 Å². The molecule has 0 fully saturated rings. The van der Waals surface area contributed by atoms with Crippen molar-refractivity contribution in [1.82, 2.24) is 15.0 Å². The normalized spacial score (nSPS) is 19.5. The molecule has 0 saturated heterocycles. The zero-order valence-electron chi connectivity index (χ0n) is 13.5. The van der Waals surface area contributed by atoms with Gasteiger partial charge in [0.25, 0.3) is 0 Å². The van der Waals surface area contributed by atoms with Gasteiger partial charge in [-0.15, -0.1) is 0 Å². The highest BCUT2D eigenvalue weighted by molar-refractivity contribution is 5.98. The van der Waals surface area contributed by atoms with Gasteiger partial charge in [-0.1, -0.05) is 6.08 Å². The molecule has 0 amide bonds. The number of H-pyrrole nitrogens is 3. The fourth-order valence-electron chi connectivity index (χ4n) is 3.68. The van der Waals surface area contributed by atoms with E-state index in [1.165, 1.54) is 34.2 Å². The van der Waals surface area contributed by atoms with Gasteiger partial charge in [-0.25, -0.2) is 0 Å². The van der Waals surface area contributed by atoms with Crippen LogP contribution in [0.2, 0.25) is 0 Å². The molecule has 2 aliphatic heterocycles. The van der Waals surface area contributed by atoms with Gasteiger partial charge in [-0.3, -0.25) is 4.99 Å². The standard InChI is InChI=1S/C20H20N4/c1-2-14-10-16-5-6-18(23-16)12-20-8-7-19(24-20)11-17-4-3-15(22-17)9-13(1)21-14/h1-8,13,22-24H,9-12H2. The third-order valence-electron chi connectivity index (χ3n) is 4.83. The van der Waals surface area contributed by atoms with Crippen LogP contribution in [0.1, 0.15) is 34.2 Å². The zero-order chi connectivity index (χ0) is 15.9. The topological polar surface area (TPSA) is 59.7 Å². The van der Waals surface area contributed by atoms with Crippen molar-refractivity contribution < 1.29 is 0 Å². The maximum atomic E-state index is 4.86. The molecular weight excluding hydrogens is 296 g/mol. The van der Waals surface area contributed by atoms with Crippen LogP contribution in [0.4, 0.5) is 0 Å². The lowest BCUT2D eigenvalue weighted by Crippen LogP contribution is -2.05. The van der Waals surface area contributed by atoms with E-state index in [1.54, 1.807) is 0 Å². The van der Waals surface area contributed by atoms with E-state index in [1.807, 2.05) is 0 Å². The molecule has 4 heteroatoms. The zero-order valence-corrected chi connectivity index (χ0v) is 13.5. The number of hydrogen-bond donors (Lipinski definition) is 3. The maximum Gasteiger partial charge on any atom is 0.0741 e. The second-order valence-electron chi connectivity index (χ2n) is 6.81. The molecule has 3 aromatic heterocycles. The number of hydrogen-bond acceptors (Lipinski definition) is 1. The number of fused-ring (bicyclic) bond motifs is 7. The molecule has 8 bridgehead atoms. The van der Waals surface area contributed by atoms with Crippen molar-refractivity contribution in [3.63, 3.8) is 0 Å². The monoisotopic (exact) mass is 316 g/mol. The molecular formula is C20H20N4. The Balaban J connectivity index is 1.51. The fraction of sp³-hybridized carbons (Fsp3) is 0.250. The minimum Gasteiger partial charge on any atom is -0.362 e. The highest BCUT2D eigenvalue weighted by Gasteiger charge is 2.14. The maximum absolute atomic E-state index is 4.86. The van der Waals surface area contributed by atoms with Crippen molar-refractivity contribution in [2.24, 2.45) is 4.99 Å². The average molecular weight is 316 g/mol. The highest BCUT2D eigenvalue weighted by atomic mass is 14.8. The Morgan fingerprint density at radius 1 is 0.667 bits per heavy atom. The van der Waals surface area contributed by atoms with Crippen molar-refractivity contribution in [3.05, 3.63) is 82.7 Å². The number of aromatic amines is 3. The van der Waals surface area contributed by atoms with Gasteiger partial charge < -0.3 is 15.0 Å². The van der Waals surface area contributed by atoms with Crippen molar-refractivity contribution in [3.8, 4) is 0 Å². The molecule has 0 radical (unpaired) electrons. The summed E-state index contributed by atoms with van der Waals surface area (Å²) in [6.07, 6.45) is 8.01. The third kappa shape index (κ3) is 2.64. The summed E-state index contributed by atoms with van der Waals surface area (Å²) in [5.74, 6) is 0. The SMILES string of the molecule is C1=CC2Cc3ccc([nH]3)Cc3ccc([nH]3)Cc3ccc([nH]3)CC1=N2. The molecule has 5 rings (SSSR count). The highest BCUT2D eigenvalue weighted by Crippen LogP contribution is 2.18. The molecule has 1 unspecified atom stereocenters. The van der Waals surface area contributed by atoms with Crippen molar-refractivity contribution in [1.29, 1.82) is 0 Å².